The highest BCUT2D eigenvalue weighted by Crippen LogP contribution is 2.27. The molecule has 0 saturated carbocycles. The third kappa shape index (κ3) is 9.53. The van der Waals surface area contributed by atoms with E-state index >= 15 is 0 Å². The quantitative estimate of drug-likeness (QED) is 0.163. The van der Waals surface area contributed by atoms with Gasteiger partial charge in [-0.3, -0.25) is 9.59 Å². The first-order valence-corrected chi connectivity index (χ1v) is 14.0. The first-order valence-electron chi connectivity index (χ1n) is 13.2. The number of hydrogen-bond acceptors (Lipinski definition) is 8. The maximum absolute atomic E-state index is 11.9. The monoisotopic (exact) mass is 559 g/mol. The smallest absolute Gasteiger partial charge is 0.229 e. The number of anilines is 2. The number of carbonyl (C=O) groups is 2. The van der Waals surface area contributed by atoms with Gasteiger partial charge in [-0.2, -0.15) is 5.10 Å². The first kappa shape index (κ1) is 30.4. The standard InChI is InChI=1S/C30H37N7O2S/c1-7-19(2)16-28(39)33-27-15-14-26(34-35-27)10-8-9-11-29-36-37-30(40-29)32-22(5)21(4)24-13-12-20(3)25(17-24)18-31-23(6)38/h7,12-15,17,21H,1-2,5,8-11,16,18H2,3-4,6H3,(H,31,38)(H,32,37)(H,33,35,39). The summed E-state index contributed by atoms with van der Waals surface area (Å²) in [5.74, 6) is 0.228. The molecule has 10 heteroatoms. The van der Waals surface area contributed by atoms with Gasteiger partial charge in [0.2, 0.25) is 16.9 Å². The van der Waals surface area contributed by atoms with Crippen LogP contribution in [0.1, 0.15) is 66.4 Å². The largest absolute Gasteiger partial charge is 0.352 e. The molecule has 0 aliphatic heterocycles. The van der Waals surface area contributed by atoms with Crippen molar-refractivity contribution in [2.45, 2.75) is 65.3 Å². The number of aryl methyl sites for hydroxylation is 3. The predicted octanol–water partition coefficient (Wildman–Crippen LogP) is 5.64. The Labute approximate surface area is 239 Å². The second-order valence-electron chi connectivity index (χ2n) is 9.67. The molecule has 3 aromatic rings. The molecule has 1 atom stereocenters. The summed E-state index contributed by atoms with van der Waals surface area (Å²) in [6, 6.07) is 9.91. The van der Waals surface area contributed by atoms with Crippen molar-refractivity contribution in [2.24, 2.45) is 0 Å². The van der Waals surface area contributed by atoms with Gasteiger partial charge in [0.05, 0.1) is 12.1 Å². The highest BCUT2D eigenvalue weighted by molar-refractivity contribution is 7.15. The zero-order valence-corrected chi connectivity index (χ0v) is 24.2. The molecular weight excluding hydrogens is 522 g/mol. The summed E-state index contributed by atoms with van der Waals surface area (Å²) < 4.78 is 0. The average Bonchev–Trinajstić information content (AvgIpc) is 3.37. The van der Waals surface area contributed by atoms with Crippen LogP contribution >= 0.6 is 11.3 Å². The third-order valence-electron chi connectivity index (χ3n) is 6.40. The fourth-order valence-electron chi connectivity index (χ4n) is 3.83. The first-order chi connectivity index (χ1) is 19.1. The summed E-state index contributed by atoms with van der Waals surface area (Å²) in [5.41, 5.74) is 5.69. The molecule has 0 aliphatic carbocycles. The number of unbranched alkanes of at least 4 members (excludes halogenated alkanes) is 1. The zero-order chi connectivity index (χ0) is 29.1. The van der Waals surface area contributed by atoms with Crippen molar-refractivity contribution in [1.82, 2.24) is 25.7 Å². The number of hydrogen-bond donors (Lipinski definition) is 3. The van der Waals surface area contributed by atoms with Gasteiger partial charge in [-0.05, 0) is 60.6 Å². The van der Waals surface area contributed by atoms with Crippen molar-refractivity contribution in [3.05, 3.63) is 94.8 Å². The molecule has 0 spiro atoms. The molecule has 0 aliphatic rings. The molecule has 0 saturated heterocycles. The normalized spacial score (nSPS) is 11.4. The molecule has 0 radical (unpaired) electrons. The summed E-state index contributed by atoms with van der Waals surface area (Å²) >= 11 is 1.53. The third-order valence-corrected chi connectivity index (χ3v) is 7.29. The van der Waals surface area contributed by atoms with E-state index in [4.69, 9.17) is 0 Å². The van der Waals surface area contributed by atoms with Crippen LogP contribution in [-0.2, 0) is 29.0 Å². The van der Waals surface area contributed by atoms with Crippen LogP contribution < -0.4 is 16.0 Å². The summed E-state index contributed by atoms with van der Waals surface area (Å²) in [6.45, 7) is 17.7. The number of nitrogens with one attached hydrogen (secondary N) is 3. The molecule has 210 valence electrons. The Hall–Kier alpha value is -4.18. The summed E-state index contributed by atoms with van der Waals surface area (Å²) in [7, 11) is 0. The van der Waals surface area contributed by atoms with E-state index in [2.05, 4.69) is 81.2 Å². The lowest BCUT2D eigenvalue weighted by Gasteiger charge is -2.18. The topological polar surface area (TPSA) is 122 Å². The van der Waals surface area contributed by atoms with Crippen LogP contribution in [0.2, 0.25) is 0 Å². The summed E-state index contributed by atoms with van der Waals surface area (Å²) in [6.07, 6.45) is 5.21. The maximum Gasteiger partial charge on any atom is 0.229 e. The van der Waals surface area contributed by atoms with Gasteiger partial charge in [-0.25, -0.2) is 0 Å². The lowest BCUT2D eigenvalue weighted by molar-refractivity contribution is -0.119. The molecule has 3 N–H and O–H groups in total. The highest BCUT2D eigenvalue weighted by Gasteiger charge is 2.14. The van der Waals surface area contributed by atoms with Crippen molar-refractivity contribution in [3.8, 4) is 0 Å². The fourth-order valence-corrected chi connectivity index (χ4v) is 4.65. The van der Waals surface area contributed by atoms with Gasteiger partial charge in [0, 0.05) is 31.5 Å². The van der Waals surface area contributed by atoms with Crippen molar-refractivity contribution in [2.75, 3.05) is 10.6 Å². The van der Waals surface area contributed by atoms with Crippen LogP contribution in [0.4, 0.5) is 10.9 Å². The van der Waals surface area contributed by atoms with E-state index in [1.54, 1.807) is 12.1 Å². The van der Waals surface area contributed by atoms with Crippen LogP contribution in [0.5, 0.6) is 0 Å². The van der Waals surface area contributed by atoms with Crippen LogP contribution in [-0.4, -0.2) is 32.2 Å². The van der Waals surface area contributed by atoms with Crippen molar-refractivity contribution in [1.29, 1.82) is 0 Å². The molecule has 2 amide bonds. The van der Waals surface area contributed by atoms with E-state index in [9.17, 15) is 9.59 Å². The van der Waals surface area contributed by atoms with Crippen molar-refractivity contribution >= 4 is 34.1 Å². The van der Waals surface area contributed by atoms with Gasteiger partial charge in [-0.1, -0.05) is 62.3 Å². The highest BCUT2D eigenvalue weighted by atomic mass is 32.1. The zero-order valence-electron chi connectivity index (χ0n) is 23.4. The Bertz CT molecular complexity index is 1360. The Morgan fingerprint density at radius 1 is 1.02 bits per heavy atom. The molecule has 0 fully saturated rings. The predicted molar refractivity (Wildman–Crippen MR) is 161 cm³/mol. The van der Waals surface area contributed by atoms with Crippen LogP contribution in [0.25, 0.3) is 0 Å². The van der Waals surface area contributed by atoms with Crippen LogP contribution in [0.3, 0.4) is 0 Å². The number of rotatable bonds is 15. The van der Waals surface area contributed by atoms with Crippen molar-refractivity contribution < 1.29 is 9.59 Å². The van der Waals surface area contributed by atoms with Gasteiger partial charge < -0.3 is 16.0 Å². The minimum absolute atomic E-state index is 0.0481. The van der Waals surface area contributed by atoms with Gasteiger partial charge >= 0.3 is 0 Å². The van der Waals surface area contributed by atoms with Gasteiger partial charge in [0.1, 0.15) is 5.01 Å². The molecule has 2 aromatic heterocycles. The number of nitrogens with zero attached hydrogens (tertiary/aromatic N) is 4. The molecular formula is C30H37N7O2S. The second kappa shape index (κ2) is 14.8. The number of carbonyl (C=O) groups excluding carboxylic acids is 2. The van der Waals surface area contributed by atoms with Crippen LogP contribution in [0, 0.1) is 6.92 Å². The van der Waals surface area contributed by atoms with Gasteiger partial charge in [0.15, 0.2) is 5.82 Å². The molecule has 9 nitrogen and oxygen atoms in total. The minimum atomic E-state index is -0.195. The minimum Gasteiger partial charge on any atom is -0.352 e. The fraction of sp³-hybridized carbons (Fsp3) is 0.333. The van der Waals surface area contributed by atoms with E-state index in [-0.39, 0.29) is 24.2 Å². The van der Waals surface area contributed by atoms with E-state index < -0.39 is 0 Å². The summed E-state index contributed by atoms with van der Waals surface area (Å²) in [5, 5.41) is 27.5. The number of allylic oxidation sites excluding steroid dienone is 2. The summed E-state index contributed by atoms with van der Waals surface area (Å²) in [4.78, 5) is 23.2. The molecule has 0 bridgehead atoms. The van der Waals surface area contributed by atoms with E-state index in [0.717, 1.165) is 63.9 Å². The maximum atomic E-state index is 11.9. The lowest BCUT2D eigenvalue weighted by atomic mass is 9.94. The van der Waals surface area contributed by atoms with Crippen molar-refractivity contribution in [3.63, 3.8) is 0 Å². The number of benzene rings is 1. The lowest BCUT2D eigenvalue weighted by Crippen LogP contribution is -2.19. The second-order valence-corrected chi connectivity index (χ2v) is 10.7. The molecule has 1 aromatic carbocycles. The van der Waals surface area contributed by atoms with E-state index in [0.29, 0.717) is 17.9 Å². The van der Waals surface area contributed by atoms with Gasteiger partial charge in [-0.15, -0.1) is 15.3 Å². The SMILES string of the molecule is C=CC(=C)CC(=O)Nc1ccc(CCCCc2nnc(NC(=C)C(C)c3ccc(C)c(CNC(C)=O)c3)s2)nn1. The van der Waals surface area contributed by atoms with E-state index in [1.807, 2.05) is 13.0 Å². The number of amides is 2. The Kier molecular flexibility index (Phi) is 11.3. The Morgan fingerprint density at radius 2 is 1.80 bits per heavy atom. The Balaban J connectivity index is 1.43. The Morgan fingerprint density at radius 3 is 2.50 bits per heavy atom. The van der Waals surface area contributed by atoms with Gasteiger partial charge in [0.25, 0.3) is 0 Å². The molecule has 40 heavy (non-hydrogen) atoms. The molecule has 1 unspecified atom stereocenters. The average molecular weight is 560 g/mol. The number of aromatic nitrogens is 4. The molecule has 2 heterocycles. The molecule has 3 rings (SSSR count). The van der Waals surface area contributed by atoms with Crippen LogP contribution in [0.15, 0.2) is 67.4 Å². The van der Waals surface area contributed by atoms with E-state index in [1.165, 1.54) is 18.3 Å².